The zero-order valence-corrected chi connectivity index (χ0v) is 20.6. The summed E-state index contributed by atoms with van der Waals surface area (Å²) in [7, 11) is 6.86. The number of quaternary nitrogens is 1. The van der Waals surface area contributed by atoms with Crippen LogP contribution < -0.4 is 5.11 Å². The van der Waals surface area contributed by atoms with Gasteiger partial charge in [-0.1, -0.05) is 103 Å². The summed E-state index contributed by atoms with van der Waals surface area (Å²) in [5, 5.41) is 9.98. The number of aliphatic carboxylic acids is 1. The molecule has 0 saturated carbocycles. The minimum atomic E-state index is -1.09. The first-order valence-corrected chi connectivity index (χ1v) is 12.5. The predicted octanol–water partition coefficient (Wildman–Crippen LogP) is 6.66. The van der Waals surface area contributed by atoms with Crippen molar-refractivity contribution in [1.82, 2.24) is 0 Å². The Morgan fingerprint density at radius 1 is 0.655 bits per heavy atom. The van der Waals surface area contributed by atoms with Crippen LogP contribution >= 0.6 is 0 Å². The molecule has 0 aromatic heterocycles. The summed E-state index contributed by atoms with van der Waals surface area (Å²) >= 11 is 0. The number of unbranched alkanes of at least 4 members (excludes halogenated alkanes) is 15. The standard InChI is InChI=1S/C15H34N.C11H20O2/c1-5-6-7-8-9-10-11-12-13-14-15-16(2,3)4;1-2-3-4-5-6-7-8-9-10-11(12)13/h5-15H2,1-4H3;9-10H,2-8H2,1H3,(H,12,13)/q+1;/p-1. The number of nitrogens with zero attached hydrogens (tertiary/aromatic N) is 1. The highest BCUT2D eigenvalue weighted by Gasteiger charge is 2.04. The van der Waals surface area contributed by atoms with Crippen LogP contribution in [0.5, 0.6) is 0 Å². The van der Waals surface area contributed by atoms with E-state index in [1.54, 1.807) is 6.08 Å². The largest absolute Gasteiger partial charge is 0.545 e. The summed E-state index contributed by atoms with van der Waals surface area (Å²) in [6.07, 6.45) is 25.5. The fourth-order valence-corrected chi connectivity index (χ4v) is 3.30. The van der Waals surface area contributed by atoms with E-state index in [1.807, 2.05) is 0 Å². The van der Waals surface area contributed by atoms with Crippen LogP contribution in [-0.4, -0.2) is 38.1 Å². The van der Waals surface area contributed by atoms with Gasteiger partial charge in [-0.05, 0) is 31.8 Å². The third kappa shape index (κ3) is 35.0. The van der Waals surface area contributed by atoms with E-state index >= 15 is 0 Å². The van der Waals surface area contributed by atoms with Gasteiger partial charge in [0.25, 0.3) is 0 Å². The van der Waals surface area contributed by atoms with Gasteiger partial charge in [-0.3, -0.25) is 0 Å². The van der Waals surface area contributed by atoms with Gasteiger partial charge < -0.3 is 14.4 Å². The second-order valence-electron chi connectivity index (χ2n) is 9.47. The Bertz CT molecular complexity index is 358. The number of carbonyl (C=O) groups excluding carboxylic acids is 1. The molecule has 0 heterocycles. The first-order valence-electron chi connectivity index (χ1n) is 12.5. The zero-order chi connectivity index (χ0) is 22.2. The highest BCUT2D eigenvalue weighted by Crippen LogP contribution is 2.11. The van der Waals surface area contributed by atoms with Crippen LogP contribution in [-0.2, 0) is 4.79 Å². The second kappa shape index (κ2) is 23.4. The Morgan fingerprint density at radius 2 is 1.03 bits per heavy atom. The molecule has 0 saturated heterocycles. The zero-order valence-electron chi connectivity index (χ0n) is 20.6. The molecule has 0 aromatic rings. The number of allylic oxidation sites excluding steroid dienone is 1. The lowest BCUT2D eigenvalue weighted by Crippen LogP contribution is -2.35. The van der Waals surface area contributed by atoms with E-state index in [4.69, 9.17) is 0 Å². The summed E-state index contributed by atoms with van der Waals surface area (Å²) in [6, 6.07) is 0. The van der Waals surface area contributed by atoms with E-state index in [-0.39, 0.29) is 0 Å². The average Bonchev–Trinajstić information content (AvgIpc) is 2.65. The molecule has 0 aliphatic heterocycles. The van der Waals surface area contributed by atoms with Gasteiger partial charge in [-0.2, -0.15) is 0 Å². The quantitative estimate of drug-likeness (QED) is 0.135. The average molecular weight is 412 g/mol. The van der Waals surface area contributed by atoms with Crippen molar-refractivity contribution in [3.63, 3.8) is 0 Å². The lowest BCUT2D eigenvalue weighted by molar-refractivity contribution is -0.870. The van der Waals surface area contributed by atoms with Crippen molar-refractivity contribution in [1.29, 1.82) is 0 Å². The van der Waals surface area contributed by atoms with Gasteiger partial charge >= 0.3 is 0 Å². The summed E-state index contributed by atoms with van der Waals surface area (Å²) < 4.78 is 1.12. The summed E-state index contributed by atoms with van der Waals surface area (Å²) in [5.74, 6) is -1.09. The molecule has 0 aromatic carbocycles. The van der Waals surface area contributed by atoms with Crippen LogP contribution in [0.4, 0.5) is 0 Å². The molecule has 0 aliphatic rings. The molecule has 3 nitrogen and oxygen atoms in total. The molecule has 174 valence electrons. The summed E-state index contributed by atoms with van der Waals surface area (Å²) in [5.41, 5.74) is 0. The minimum absolute atomic E-state index is 0.861. The van der Waals surface area contributed by atoms with Gasteiger partial charge in [0.15, 0.2) is 0 Å². The molecule has 0 N–H and O–H groups in total. The first-order chi connectivity index (χ1) is 13.8. The number of carboxylic acid groups (broad SMARTS) is 1. The van der Waals surface area contributed by atoms with Crippen LogP contribution in [0.2, 0.25) is 0 Å². The SMILES string of the molecule is CCCCCCCCC=CC(=O)[O-].CCCCCCCCCCCC[N+](C)(C)C. The van der Waals surface area contributed by atoms with Gasteiger partial charge in [-0.15, -0.1) is 0 Å². The molecule has 0 spiro atoms. The Balaban J connectivity index is 0. The molecule has 0 fully saturated rings. The summed E-state index contributed by atoms with van der Waals surface area (Å²) in [4.78, 5) is 9.98. The highest BCUT2D eigenvalue weighted by molar-refractivity contribution is 5.77. The predicted molar refractivity (Wildman–Crippen MR) is 127 cm³/mol. The maximum atomic E-state index is 9.98. The Labute approximate surface area is 183 Å². The van der Waals surface area contributed by atoms with Gasteiger partial charge in [0.05, 0.1) is 33.7 Å². The van der Waals surface area contributed by atoms with E-state index in [9.17, 15) is 9.90 Å². The topological polar surface area (TPSA) is 40.1 Å². The van der Waals surface area contributed by atoms with Crippen LogP contribution in [0, 0.1) is 0 Å². The first kappa shape index (κ1) is 30.4. The van der Waals surface area contributed by atoms with Crippen LogP contribution in [0.15, 0.2) is 12.2 Å². The lowest BCUT2D eigenvalue weighted by Gasteiger charge is -2.23. The molecule has 0 bridgehead atoms. The molecular formula is C26H53NO2. The molecule has 0 unspecified atom stereocenters. The number of carboxylic acids is 1. The normalized spacial score (nSPS) is 11.5. The van der Waals surface area contributed by atoms with Crippen LogP contribution in [0.3, 0.4) is 0 Å². The van der Waals surface area contributed by atoms with Crippen LogP contribution in [0.25, 0.3) is 0 Å². The Hall–Kier alpha value is -0.830. The molecule has 0 atom stereocenters. The van der Waals surface area contributed by atoms with E-state index in [1.165, 1.54) is 103 Å². The summed E-state index contributed by atoms with van der Waals surface area (Å²) in [6.45, 7) is 5.81. The van der Waals surface area contributed by atoms with Gasteiger partial charge in [-0.25, -0.2) is 0 Å². The van der Waals surface area contributed by atoms with Crippen molar-refractivity contribution in [2.45, 2.75) is 123 Å². The number of hydrogen-bond acceptors (Lipinski definition) is 2. The molecule has 0 aliphatic carbocycles. The molecular weight excluding hydrogens is 358 g/mol. The molecule has 0 rings (SSSR count). The smallest absolute Gasteiger partial charge is 0.0780 e. The van der Waals surface area contributed by atoms with Crippen molar-refractivity contribution >= 4 is 5.97 Å². The maximum absolute atomic E-state index is 9.98. The van der Waals surface area contributed by atoms with Crippen molar-refractivity contribution in [3.05, 3.63) is 12.2 Å². The van der Waals surface area contributed by atoms with E-state index in [0.717, 1.165) is 23.4 Å². The lowest BCUT2D eigenvalue weighted by atomic mass is 10.1. The van der Waals surface area contributed by atoms with Crippen molar-refractivity contribution in [2.75, 3.05) is 27.7 Å². The van der Waals surface area contributed by atoms with Crippen molar-refractivity contribution in [3.8, 4) is 0 Å². The van der Waals surface area contributed by atoms with E-state index in [0.29, 0.717) is 0 Å². The molecule has 3 heteroatoms. The number of rotatable bonds is 19. The second-order valence-corrected chi connectivity index (χ2v) is 9.47. The molecule has 29 heavy (non-hydrogen) atoms. The molecule has 0 amide bonds. The number of hydrogen-bond donors (Lipinski definition) is 0. The van der Waals surface area contributed by atoms with E-state index in [2.05, 4.69) is 35.0 Å². The van der Waals surface area contributed by atoms with Gasteiger partial charge in [0, 0.05) is 0 Å². The maximum Gasteiger partial charge on any atom is 0.0780 e. The minimum Gasteiger partial charge on any atom is -0.545 e. The van der Waals surface area contributed by atoms with Gasteiger partial charge in [0.1, 0.15) is 0 Å². The third-order valence-electron chi connectivity index (χ3n) is 5.16. The van der Waals surface area contributed by atoms with Crippen molar-refractivity contribution in [2.24, 2.45) is 0 Å². The van der Waals surface area contributed by atoms with Crippen molar-refractivity contribution < 1.29 is 14.4 Å². The van der Waals surface area contributed by atoms with Gasteiger partial charge in [0.2, 0.25) is 0 Å². The Morgan fingerprint density at radius 3 is 1.41 bits per heavy atom. The number of carbonyl (C=O) groups is 1. The third-order valence-corrected chi connectivity index (χ3v) is 5.16. The fourth-order valence-electron chi connectivity index (χ4n) is 3.30. The molecule has 0 radical (unpaired) electrons. The highest BCUT2D eigenvalue weighted by atomic mass is 16.4. The van der Waals surface area contributed by atoms with Crippen LogP contribution in [0.1, 0.15) is 123 Å². The Kier molecular flexibility index (Phi) is 24.6. The monoisotopic (exact) mass is 411 g/mol. The fraction of sp³-hybridized carbons (Fsp3) is 0.885. The van der Waals surface area contributed by atoms with E-state index < -0.39 is 5.97 Å².